The Hall–Kier alpha value is -0.900. The molecule has 0 fully saturated rings. The number of likely N-dealkylation sites (N-methyl/N-ethyl adjacent to an activating group) is 1. The summed E-state index contributed by atoms with van der Waals surface area (Å²) in [7, 11) is 1.96. The van der Waals surface area contributed by atoms with E-state index in [1.54, 1.807) is 0 Å². The topological polar surface area (TPSA) is 30.5 Å². The third kappa shape index (κ3) is 4.94. The van der Waals surface area contributed by atoms with Crippen LogP contribution >= 0.6 is 0 Å². The highest BCUT2D eigenvalue weighted by molar-refractivity contribution is 5.31. The van der Waals surface area contributed by atoms with Crippen molar-refractivity contribution in [1.82, 2.24) is 5.32 Å². The minimum atomic E-state index is -0.195. The van der Waals surface area contributed by atoms with Gasteiger partial charge in [0.15, 0.2) is 6.29 Å². The summed E-state index contributed by atoms with van der Waals surface area (Å²) in [5.41, 5.74) is 3.96. The van der Waals surface area contributed by atoms with Gasteiger partial charge >= 0.3 is 0 Å². The average Bonchev–Trinajstić information content (AvgIpc) is 2.39. The van der Waals surface area contributed by atoms with E-state index in [9.17, 15) is 0 Å². The van der Waals surface area contributed by atoms with Crippen LogP contribution in [0, 0.1) is 13.8 Å². The van der Waals surface area contributed by atoms with Gasteiger partial charge in [-0.25, -0.2) is 0 Å². The summed E-state index contributed by atoms with van der Waals surface area (Å²) in [5, 5.41) is 3.32. The molecule has 0 aromatic heterocycles. The normalized spacial score (nSPS) is 12.9. The Morgan fingerprint density at radius 3 is 2.26 bits per heavy atom. The molecule has 0 saturated heterocycles. The summed E-state index contributed by atoms with van der Waals surface area (Å²) < 4.78 is 11.4. The van der Waals surface area contributed by atoms with E-state index in [0.717, 1.165) is 6.42 Å². The summed E-state index contributed by atoms with van der Waals surface area (Å²) in [6, 6.07) is 6.73. The van der Waals surface area contributed by atoms with Gasteiger partial charge in [0.1, 0.15) is 0 Å². The first-order valence-corrected chi connectivity index (χ1v) is 7.08. The van der Waals surface area contributed by atoms with Gasteiger partial charge in [-0.2, -0.15) is 0 Å². The molecule has 108 valence electrons. The Morgan fingerprint density at radius 1 is 1.11 bits per heavy atom. The highest BCUT2D eigenvalue weighted by Crippen LogP contribution is 2.15. The van der Waals surface area contributed by atoms with Crippen molar-refractivity contribution in [2.75, 3.05) is 20.3 Å². The molecule has 0 saturated carbocycles. The molecule has 1 aromatic carbocycles. The predicted octanol–water partition coefficient (Wildman–Crippen LogP) is 2.83. The monoisotopic (exact) mass is 265 g/mol. The number of nitrogens with one attached hydrogen (secondary N) is 1. The van der Waals surface area contributed by atoms with Crippen molar-refractivity contribution >= 4 is 0 Å². The molecule has 0 amide bonds. The van der Waals surface area contributed by atoms with Crippen molar-refractivity contribution < 1.29 is 9.47 Å². The van der Waals surface area contributed by atoms with Crippen molar-refractivity contribution in [3.63, 3.8) is 0 Å². The fraction of sp³-hybridized carbons (Fsp3) is 0.625. The van der Waals surface area contributed by atoms with Gasteiger partial charge in [-0.3, -0.25) is 0 Å². The summed E-state index contributed by atoms with van der Waals surface area (Å²) in [6.07, 6.45) is 0.717. The third-order valence-corrected chi connectivity index (χ3v) is 3.31. The van der Waals surface area contributed by atoms with E-state index >= 15 is 0 Å². The minimum absolute atomic E-state index is 0.167. The third-order valence-electron chi connectivity index (χ3n) is 3.31. The van der Waals surface area contributed by atoms with E-state index in [1.165, 1.54) is 16.7 Å². The molecular formula is C16H27NO2. The Bertz CT molecular complexity index is 373. The molecule has 0 aliphatic rings. The SMILES string of the molecule is CCOC(OCC)C(Cc1cc(C)ccc1C)NC. The second-order valence-corrected chi connectivity index (χ2v) is 4.81. The largest absolute Gasteiger partial charge is 0.351 e. The fourth-order valence-electron chi connectivity index (χ4n) is 2.20. The second kappa shape index (κ2) is 8.31. The molecule has 1 aromatic rings. The van der Waals surface area contributed by atoms with Crippen LogP contribution in [0.3, 0.4) is 0 Å². The van der Waals surface area contributed by atoms with E-state index < -0.39 is 0 Å². The van der Waals surface area contributed by atoms with Crippen LogP contribution in [-0.2, 0) is 15.9 Å². The van der Waals surface area contributed by atoms with Crippen molar-refractivity contribution in [3.8, 4) is 0 Å². The number of hydrogen-bond donors (Lipinski definition) is 1. The highest BCUT2D eigenvalue weighted by atomic mass is 16.7. The van der Waals surface area contributed by atoms with Gasteiger partial charge in [-0.1, -0.05) is 23.8 Å². The Labute approximate surface area is 117 Å². The lowest BCUT2D eigenvalue weighted by Gasteiger charge is -2.27. The van der Waals surface area contributed by atoms with Gasteiger partial charge in [-0.15, -0.1) is 0 Å². The number of rotatable bonds is 8. The average molecular weight is 265 g/mol. The van der Waals surface area contributed by atoms with Gasteiger partial charge in [0, 0.05) is 13.2 Å². The van der Waals surface area contributed by atoms with E-state index in [-0.39, 0.29) is 12.3 Å². The summed E-state index contributed by atoms with van der Waals surface area (Å²) >= 11 is 0. The molecule has 0 heterocycles. The molecule has 0 aliphatic carbocycles. The van der Waals surface area contributed by atoms with E-state index in [4.69, 9.17) is 9.47 Å². The first-order chi connectivity index (χ1) is 9.12. The maximum Gasteiger partial charge on any atom is 0.172 e. The molecule has 0 spiro atoms. The van der Waals surface area contributed by atoms with E-state index in [0.29, 0.717) is 13.2 Å². The molecule has 0 aliphatic heterocycles. The highest BCUT2D eigenvalue weighted by Gasteiger charge is 2.21. The molecule has 1 unspecified atom stereocenters. The van der Waals surface area contributed by atoms with Crippen LogP contribution in [0.4, 0.5) is 0 Å². The van der Waals surface area contributed by atoms with Crippen LogP contribution in [0.25, 0.3) is 0 Å². The zero-order valence-corrected chi connectivity index (χ0v) is 12.8. The van der Waals surface area contributed by atoms with Crippen molar-refractivity contribution in [1.29, 1.82) is 0 Å². The zero-order valence-electron chi connectivity index (χ0n) is 12.8. The quantitative estimate of drug-likeness (QED) is 0.733. The van der Waals surface area contributed by atoms with Gasteiger partial charge < -0.3 is 14.8 Å². The number of aryl methyl sites for hydroxylation is 2. The summed E-state index contributed by atoms with van der Waals surface area (Å²) in [6.45, 7) is 9.59. The van der Waals surface area contributed by atoms with Crippen LogP contribution in [-0.4, -0.2) is 32.6 Å². The molecule has 1 N–H and O–H groups in total. The molecule has 3 nitrogen and oxygen atoms in total. The number of hydrogen-bond acceptors (Lipinski definition) is 3. The Kier molecular flexibility index (Phi) is 7.06. The summed E-state index contributed by atoms with van der Waals surface area (Å²) in [5.74, 6) is 0. The number of ether oxygens (including phenoxy) is 2. The van der Waals surface area contributed by atoms with Gasteiger partial charge in [0.2, 0.25) is 0 Å². The lowest BCUT2D eigenvalue weighted by molar-refractivity contribution is -0.152. The molecule has 19 heavy (non-hydrogen) atoms. The molecule has 0 radical (unpaired) electrons. The molecule has 1 rings (SSSR count). The standard InChI is InChI=1S/C16H27NO2/c1-6-18-16(19-7-2)15(17-5)11-14-10-12(3)8-9-13(14)4/h8-10,15-17H,6-7,11H2,1-5H3. The van der Waals surface area contributed by atoms with Crippen LogP contribution < -0.4 is 5.32 Å². The maximum absolute atomic E-state index is 5.69. The first-order valence-electron chi connectivity index (χ1n) is 7.08. The molecular weight excluding hydrogens is 238 g/mol. The Balaban J connectivity index is 2.81. The summed E-state index contributed by atoms with van der Waals surface area (Å²) in [4.78, 5) is 0. The first kappa shape index (κ1) is 16.2. The van der Waals surface area contributed by atoms with Crippen LogP contribution in [0.2, 0.25) is 0 Å². The van der Waals surface area contributed by atoms with Crippen LogP contribution in [0.5, 0.6) is 0 Å². The second-order valence-electron chi connectivity index (χ2n) is 4.81. The fourth-order valence-corrected chi connectivity index (χ4v) is 2.20. The minimum Gasteiger partial charge on any atom is -0.351 e. The van der Waals surface area contributed by atoms with Crippen molar-refractivity contribution in [2.24, 2.45) is 0 Å². The molecule has 0 bridgehead atoms. The molecule has 1 atom stereocenters. The lowest BCUT2D eigenvalue weighted by Crippen LogP contribution is -2.43. The smallest absolute Gasteiger partial charge is 0.172 e. The Morgan fingerprint density at radius 2 is 1.74 bits per heavy atom. The maximum atomic E-state index is 5.69. The molecule has 3 heteroatoms. The van der Waals surface area contributed by atoms with Crippen LogP contribution in [0.15, 0.2) is 18.2 Å². The van der Waals surface area contributed by atoms with Gasteiger partial charge in [0.05, 0.1) is 6.04 Å². The van der Waals surface area contributed by atoms with Crippen molar-refractivity contribution in [3.05, 3.63) is 34.9 Å². The van der Waals surface area contributed by atoms with Crippen molar-refractivity contribution in [2.45, 2.75) is 46.4 Å². The van der Waals surface area contributed by atoms with Gasteiger partial charge in [-0.05, 0) is 52.3 Å². The lowest BCUT2D eigenvalue weighted by atomic mass is 9.98. The van der Waals surface area contributed by atoms with E-state index in [1.807, 2.05) is 20.9 Å². The van der Waals surface area contributed by atoms with Gasteiger partial charge in [0.25, 0.3) is 0 Å². The predicted molar refractivity (Wildman–Crippen MR) is 79.5 cm³/mol. The number of benzene rings is 1. The zero-order chi connectivity index (χ0) is 14.3. The van der Waals surface area contributed by atoms with Crippen LogP contribution in [0.1, 0.15) is 30.5 Å². The van der Waals surface area contributed by atoms with E-state index in [2.05, 4.69) is 37.4 Å².